The first kappa shape index (κ1) is 17.4. The minimum atomic E-state index is -1.04. The summed E-state index contributed by atoms with van der Waals surface area (Å²) in [5, 5.41) is 9.16. The number of carboxylic acid groups (broad SMARTS) is 1. The maximum absolute atomic E-state index is 11.2. The average Bonchev–Trinajstić information content (AvgIpc) is 2.46. The molecule has 0 radical (unpaired) electrons. The number of rotatable bonds is 8. The fraction of sp³-hybridized carbons (Fsp3) is 0.938. The number of aliphatic carboxylic acids is 1. The summed E-state index contributed by atoms with van der Waals surface area (Å²) < 4.78 is 0. The van der Waals surface area contributed by atoms with E-state index in [-0.39, 0.29) is 0 Å². The summed E-state index contributed by atoms with van der Waals surface area (Å²) in [5.74, 6) is 0.0505. The van der Waals surface area contributed by atoms with Crippen LogP contribution in [0.15, 0.2) is 0 Å². The van der Waals surface area contributed by atoms with E-state index >= 15 is 0 Å². The number of hydrogen-bond donors (Lipinski definition) is 2. The number of carbonyl (C=O) groups is 1. The Balaban J connectivity index is 2.30. The standard InChI is InChI=1S/C16H32N2O2/c1-4-13-7-9-14(10-8-13)18(3)12-6-11-16(17,5-2)15(19)20/h13-14H,4-12,17H2,1-3H3,(H,19,20). The first-order chi connectivity index (χ1) is 9.42. The fourth-order valence-corrected chi connectivity index (χ4v) is 3.26. The zero-order valence-electron chi connectivity index (χ0n) is 13.4. The molecule has 1 unspecified atom stereocenters. The summed E-state index contributed by atoms with van der Waals surface area (Å²) in [6.07, 6.45) is 8.49. The Bertz CT molecular complexity index is 301. The van der Waals surface area contributed by atoms with Gasteiger partial charge in [-0.1, -0.05) is 20.3 Å². The summed E-state index contributed by atoms with van der Waals surface area (Å²) in [6.45, 7) is 5.09. The van der Waals surface area contributed by atoms with Gasteiger partial charge in [0.05, 0.1) is 0 Å². The van der Waals surface area contributed by atoms with Crippen LogP contribution >= 0.6 is 0 Å². The Hall–Kier alpha value is -0.610. The lowest BCUT2D eigenvalue weighted by atomic mass is 9.84. The molecule has 3 N–H and O–H groups in total. The molecule has 118 valence electrons. The van der Waals surface area contributed by atoms with Crippen LogP contribution in [0.4, 0.5) is 0 Å². The third kappa shape index (κ3) is 4.74. The van der Waals surface area contributed by atoms with E-state index in [2.05, 4.69) is 18.9 Å². The van der Waals surface area contributed by atoms with Crippen LogP contribution in [-0.4, -0.2) is 41.1 Å². The highest BCUT2D eigenvalue weighted by Gasteiger charge is 2.31. The molecule has 0 saturated heterocycles. The van der Waals surface area contributed by atoms with Gasteiger partial charge in [-0.25, -0.2) is 0 Å². The molecule has 0 aromatic carbocycles. The van der Waals surface area contributed by atoms with Gasteiger partial charge in [0, 0.05) is 6.04 Å². The van der Waals surface area contributed by atoms with Gasteiger partial charge in [0.1, 0.15) is 5.54 Å². The first-order valence-corrected chi connectivity index (χ1v) is 8.15. The van der Waals surface area contributed by atoms with Crippen LogP contribution in [0.25, 0.3) is 0 Å². The molecule has 1 atom stereocenters. The quantitative estimate of drug-likeness (QED) is 0.719. The summed E-state index contributed by atoms with van der Waals surface area (Å²) in [6, 6.07) is 0.677. The van der Waals surface area contributed by atoms with E-state index < -0.39 is 11.5 Å². The molecule has 0 aromatic heterocycles. The minimum absolute atomic E-state index is 0.494. The molecule has 0 aliphatic heterocycles. The second-order valence-corrected chi connectivity index (χ2v) is 6.48. The number of nitrogens with two attached hydrogens (primary N) is 1. The van der Waals surface area contributed by atoms with E-state index in [4.69, 9.17) is 10.8 Å². The van der Waals surface area contributed by atoms with E-state index in [0.29, 0.717) is 18.9 Å². The van der Waals surface area contributed by atoms with Crippen LogP contribution in [-0.2, 0) is 4.79 Å². The van der Waals surface area contributed by atoms with Gasteiger partial charge in [-0.15, -0.1) is 0 Å². The van der Waals surface area contributed by atoms with Crippen LogP contribution in [0.3, 0.4) is 0 Å². The second-order valence-electron chi connectivity index (χ2n) is 6.48. The van der Waals surface area contributed by atoms with Gasteiger partial charge < -0.3 is 15.7 Å². The summed E-state index contributed by atoms with van der Waals surface area (Å²) >= 11 is 0. The lowest BCUT2D eigenvalue weighted by Crippen LogP contribution is -2.48. The predicted octanol–water partition coefficient (Wildman–Crippen LogP) is 2.86. The SMILES string of the molecule is CCC1CCC(N(C)CCCC(N)(CC)C(=O)O)CC1. The van der Waals surface area contributed by atoms with Gasteiger partial charge in [-0.05, 0) is 64.5 Å². The Morgan fingerprint density at radius 3 is 2.35 bits per heavy atom. The van der Waals surface area contributed by atoms with Gasteiger partial charge >= 0.3 is 5.97 Å². The molecule has 1 rings (SSSR count). The van der Waals surface area contributed by atoms with Crippen molar-refractivity contribution in [2.24, 2.45) is 11.7 Å². The lowest BCUT2D eigenvalue weighted by molar-refractivity contribution is -0.143. The van der Waals surface area contributed by atoms with Gasteiger partial charge in [0.25, 0.3) is 0 Å². The van der Waals surface area contributed by atoms with Gasteiger partial charge in [0.15, 0.2) is 0 Å². The van der Waals surface area contributed by atoms with Crippen molar-refractivity contribution in [3.05, 3.63) is 0 Å². The smallest absolute Gasteiger partial charge is 0.323 e. The normalized spacial score (nSPS) is 26.4. The van der Waals surface area contributed by atoms with Crippen LogP contribution in [0, 0.1) is 5.92 Å². The minimum Gasteiger partial charge on any atom is -0.480 e. The van der Waals surface area contributed by atoms with Gasteiger partial charge in [-0.3, -0.25) is 4.79 Å². The zero-order valence-corrected chi connectivity index (χ0v) is 13.4. The lowest BCUT2D eigenvalue weighted by Gasteiger charge is -2.35. The zero-order chi connectivity index (χ0) is 15.2. The van der Waals surface area contributed by atoms with E-state index in [0.717, 1.165) is 18.9 Å². The second kappa shape index (κ2) is 7.99. The maximum Gasteiger partial charge on any atom is 0.323 e. The molecule has 1 aliphatic rings. The maximum atomic E-state index is 11.2. The van der Waals surface area contributed by atoms with E-state index in [1.54, 1.807) is 0 Å². The monoisotopic (exact) mass is 284 g/mol. The fourth-order valence-electron chi connectivity index (χ4n) is 3.26. The van der Waals surface area contributed by atoms with E-state index in [1.807, 2.05) is 6.92 Å². The summed E-state index contributed by atoms with van der Waals surface area (Å²) in [7, 11) is 2.17. The average molecular weight is 284 g/mol. The molecular weight excluding hydrogens is 252 g/mol. The molecule has 0 heterocycles. The molecule has 0 amide bonds. The Labute approximate surface area is 123 Å². The van der Waals surface area contributed by atoms with Crippen LogP contribution in [0.5, 0.6) is 0 Å². The molecule has 0 bridgehead atoms. The molecular formula is C16H32N2O2. The van der Waals surface area contributed by atoms with Crippen LogP contribution < -0.4 is 5.73 Å². The third-order valence-corrected chi connectivity index (χ3v) is 5.21. The first-order valence-electron chi connectivity index (χ1n) is 8.15. The van der Waals surface area contributed by atoms with Crippen molar-refractivity contribution in [1.82, 2.24) is 4.90 Å². The summed E-state index contributed by atoms with van der Waals surface area (Å²) in [5.41, 5.74) is 4.88. The number of hydrogen-bond acceptors (Lipinski definition) is 3. The topological polar surface area (TPSA) is 66.6 Å². The summed E-state index contributed by atoms with van der Waals surface area (Å²) in [4.78, 5) is 13.6. The Kier molecular flexibility index (Phi) is 6.96. The third-order valence-electron chi connectivity index (χ3n) is 5.21. The largest absolute Gasteiger partial charge is 0.480 e. The van der Waals surface area contributed by atoms with Crippen LogP contribution in [0.2, 0.25) is 0 Å². The van der Waals surface area contributed by atoms with Gasteiger partial charge in [-0.2, -0.15) is 0 Å². The Morgan fingerprint density at radius 1 is 1.30 bits per heavy atom. The molecule has 4 heteroatoms. The van der Waals surface area contributed by atoms with Crippen LogP contribution in [0.1, 0.15) is 65.2 Å². The number of nitrogens with zero attached hydrogens (tertiary/aromatic N) is 1. The molecule has 4 nitrogen and oxygen atoms in total. The van der Waals surface area contributed by atoms with Crippen molar-refractivity contribution in [3.63, 3.8) is 0 Å². The Morgan fingerprint density at radius 2 is 1.90 bits per heavy atom. The molecule has 20 heavy (non-hydrogen) atoms. The highest BCUT2D eigenvalue weighted by Crippen LogP contribution is 2.29. The molecule has 1 aliphatic carbocycles. The van der Waals surface area contributed by atoms with E-state index in [9.17, 15) is 4.79 Å². The van der Waals surface area contributed by atoms with Crippen molar-refractivity contribution in [2.45, 2.75) is 76.8 Å². The molecule has 1 fully saturated rings. The number of carboxylic acids is 1. The molecule has 0 spiro atoms. The highest BCUT2D eigenvalue weighted by atomic mass is 16.4. The van der Waals surface area contributed by atoms with E-state index in [1.165, 1.54) is 32.1 Å². The molecule has 1 saturated carbocycles. The van der Waals surface area contributed by atoms with Crippen molar-refractivity contribution >= 4 is 5.97 Å². The molecule has 0 aromatic rings. The highest BCUT2D eigenvalue weighted by molar-refractivity contribution is 5.78. The van der Waals surface area contributed by atoms with Gasteiger partial charge in [0.2, 0.25) is 0 Å². The van der Waals surface area contributed by atoms with Crippen molar-refractivity contribution in [2.75, 3.05) is 13.6 Å². The van der Waals surface area contributed by atoms with Crippen molar-refractivity contribution in [3.8, 4) is 0 Å². The van der Waals surface area contributed by atoms with Crippen molar-refractivity contribution < 1.29 is 9.90 Å². The van der Waals surface area contributed by atoms with Crippen molar-refractivity contribution in [1.29, 1.82) is 0 Å². The predicted molar refractivity (Wildman–Crippen MR) is 82.7 cm³/mol.